The number of aryl methyl sites for hydroxylation is 1. The lowest BCUT2D eigenvalue weighted by molar-refractivity contribution is -0.284. The number of benzene rings is 1. The zero-order chi connectivity index (χ0) is 29.9. The van der Waals surface area contributed by atoms with Gasteiger partial charge in [-0.2, -0.15) is 22.0 Å². The Kier molecular flexibility index (Phi) is 10.5. The average Bonchev–Trinajstić information content (AvgIpc) is 3.20. The van der Waals surface area contributed by atoms with Crippen molar-refractivity contribution in [1.29, 1.82) is 0 Å². The van der Waals surface area contributed by atoms with Crippen LogP contribution in [0.15, 0.2) is 18.2 Å². The van der Waals surface area contributed by atoms with Crippen LogP contribution in [0.1, 0.15) is 114 Å². The molecule has 0 aliphatic heterocycles. The Hall–Kier alpha value is -1.22. The molecular weight excluding hydrogens is 559 g/mol. The van der Waals surface area contributed by atoms with Gasteiger partial charge in [0.15, 0.2) is 0 Å². The number of phenolic OH excluding ortho intramolecular Hbond substituents is 1. The summed E-state index contributed by atoms with van der Waals surface area (Å²) in [6.07, 6.45) is 6.94. The molecule has 9 heteroatoms. The van der Waals surface area contributed by atoms with Gasteiger partial charge in [-0.25, -0.2) is 0 Å². The molecule has 2 N–H and O–H groups in total. The van der Waals surface area contributed by atoms with Crippen molar-refractivity contribution in [2.75, 3.05) is 11.5 Å². The zero-order valence-corrected chi connectivity index (χ0v) is 25.1. The van der Waals surface area contributed by atoms with Gasteiger partial charge in [-0.1, -0.05) is 51.5 Å². The van der Waals surface area contributed by atoms with Gasteiger partial charge in [0.05, 0.1) is 6.10 Å². The summed E-state index contributed by atoms with van der Waals surface area (Å²) in [5, 5.41) is 21.0. The summed E-state index contributed by atoms with van der Waals surface area (Å²) in [7, 11) is -1.36. The van der Waals surface area contributed by atoms with E-state index in [0.717, 1.165) is 83.5 Å². The first-order chi connectivity index (χ1) is 19.3. The summed E-state index contributed by atoms with van der Waals surface area (Å²) in [5.74, 6) is -3.03. The summed E-state index contributed by atoms with van der Waals surface area (Å²) < 4.78 is 74.6. The van der Waals surface area contributed by atoms with E-state index in [1.165, 1.54) is 11.1 Å². The number of hydrogen-bond acceptors (Lipinski definition) is 3. The molecule has 0 heterocycles. The molecule has 2 saturated carbocycles. The Balaban J connectivity index is 1.18. The lowest BCUT2D eigenvalue weighted by Crippen LogP contribution is -2.53. The van der Waals surface area contributed by atoms with Crippen LogP contribution in [0.25, 0.3) is 0 Å². The number of unbranched alkanes of at least 4 members (excludes halogenated alkanes) is 6. The van der Waals surface area contributed by atoms with Crippen molar-refractivity contribution < 1.29 is 36.4 Å². The molecule has 1 aromatic carbocycles. The minimum absolute atomic E-state index is 0.0143. The molecule has 3 aliphatic rings. The Morgan fingerprint density at radius 3 is 2.24 bits per heavy atom. The molecule has 6 atom stereocenters. The number of halogens is 5. The van der Waals surface area contributed by atoms with Gasteiger partial charge in [-0.3, -0.25) is 4.21 Å². The van der Waals surface area contributed by atoms with Crippen molar-refractivity contribution in [2.45, 2.75) is 133 Å². The lowest BCUT2D eigenvalue weighted by Gasteiger charge is -2.57. The van der Waals surface area contributed by atoms with Crippen LogP contribution in [0.5, 0.6) is 5.75 Å². The fourth-order valence-electron chi connectivity index (χ4n) is 8.45. The number of alkyl halides is 5. The van der Waals surface area contributed by atoms with E-state index in [-0.39, 0.29) is 22.7 Å². The topological polar surface area (TPSA) is 57.5 Å². The van der Waals surface area contributed by atoms with E-state index in [0.29, 0.717) is 29.8 Å². The van der Waals surface area contributed by atoms with Crippen LogP contribution in [0.4, 0.5) is 22.0 Å². The molecule has 0 amide bonds. The predicted molar refractivity (Wildman–Crippen MR) is 153 cm³/mol. The number of aliphatic hydroxyl groups excluding tert-OH is 1. The van der Waals surface area contributed by atoms with Crippen molar-refractivity contribution in [2.24, 2.45) is 17.3 Å². The molecule has 4 unspecified atom stereocenters. The Morgan fingerprint density at radius 2 is 1.54 bits per heavy atom. The highest BCUT2D eigenvalue weighted by Gasteiger charge is 2.60. The van der Waals surface area contributed by atoms with Crippen LogP contribution in [0.2, 0.25) is 0 Å². The molecule has 1 aromatic rings. The molecule has 3 aliphatic carbocycles. The van der Waals surface area contributed by atoms with Gasteiger partial charge < -0.3 is 10.2 Å². The van der Waals surface area contributed by atoms with Crippen LogP contribution < -0.4 is 0 Å². The largest absolute Gasteiger partial charge is 0.508 e. The summed E-state index contributed by atoms with van der Waals surface area (Å²) in [6, 6.07) is 5.96. The van der Waals surface area contributed by atoms with Crippen molar-refractivity contribution in [1.82, 2.24) is 0 Å². The van der Waals surface area contributed by atoms with E-state index in [4.69, 9.17) is 0 Å². The maximum atomic E-state index is 13.0. The molecule has 4 rings (SSSR count). The Morgan fingerprint density at radius 1 is 0.878 bits per heavy atom. The van der Waals surface area contributed by atoms with E-state index in [1.54, 1.807) is 0 Å². The monoisotopic (exact) mass is 606 g/mol. The third kappa shape index (κ3) is 7.13. The normalized spacial score (nSPS) is 30.5. The third-order valence-electron chi connectivity index (χ3n) is 10.8. The molecule has 0 bridgehead atoms. The molecule has 2 fully saturated rings. The number of aromatic hydroxyl groups is 1. The van der Waals surface area contributed by atoms with E-state index in [1.807, 2.05) is 12.1 Å². The molecule has 3 nitrogen and oxygen atoms in total. The van der Waals surface area contributed by atoms with Crippen molar-refractivity contribution in [3.05, 3.63) is 29.3 Å². The first kappa shape index (κ1) is 32.7. The second-order valence-electron chi connectivity index (χ2n) is 13.2. The summed E-state index contributed by atoms with van der Waals surface area (Å²) in [5.41, 5.74) is 2.84. The molecular formula is C32H47F5O3S. The van der Waals surface area contributed by atoms with Crippen LogP contribution in [0, 0.1) is 17.3 Å². The summed E-state index contributed by atoms with van der Waals surface area (Å²) in [6.45, 7) is 2.30. The number of hydrogen-bond donors (Lipinski definition) is 2. The first-order valence-corrected chi connectivity index (χ1v) is 17.1. The summed E-state index contributed by atoms with van der Waals surface area (Å²) in [4.78, 5) is 0. The first-order valence-electron chi connectivity index (χ1n) is 15.6. The maximum Gasteiger partial charge on any atom is 0.453 e. The molecule has 0 aromatic heterocycles. The Labute approximate surface area is 244 Å². The second kappa shape index (κ2) is 13.2. The lowest BCUT2D eigenvalue weighted by atomic mass is 9.47. The summed E-state index contributed by atoms with van der Waals surface area (Å²) >= 11 is 0. The highest BCUT2D eigenvalue weighted by atomic mass is 32.2. The molecule has 234 valence electrons. The van der Waals surface area contributed by atoms with Gasteiger partial charge in [0, 0.05) is 28.7 Å². The quantitative estimate of drug-likeness (QED) is 0.165. The fraction of sp³-hybridized carbons (Fsp3) is 0.812. The minimum atomic E-state index is -5.54. The standard InChI is InChI=1S/C32H47F5O3S/c1-29-18-19-30(25-13-11-24(38)22-23(25)10-12-27(30)26(29)14-15-28(29)39)16-7-5-3-2-4-6-8-20-41(40)21-9-17-31(33,34)32(35,36)37/h11,13,22,26-28,38-39H,2-10,12,14-21H2,1H3/t26?,27?,28-,29-,30?,41?/m0/s1. The van der Waals surface area contributed by atoms with Gasteiger partial charge >= 0.3 is 12.1 Å². The number of rotatable bonds is 14. The maximum absolute atomic E-state index is 13.0. The van der Waals surface area contributed by atoms with Gasteiger partial charge in [-0.05, 0) is 104 Å². The number of fused-ring (bicyclic) bond motifs is 5. The van der Waals surface area contributed by atoms with E-state index < -0.39 is 35.7 Å². The number of aliphatic hydroxyl groups is 1. The van der Waals surface area contributed by atoms with Gasteiger partial charge in [0.25, 0.3) is 0 Å². The van der Waals surface area contributed by atoms with Gasteiger partial charge in [-0.15, -0.1) is 0 Å². The third-order valence-corrected chi connectivity index (χ3v) is 12.3. The van der Waals surface area contributed by atoms with Gasteiger partial charge in [0.2, 0.25) is 0 Å². The molecule has 0 saturated heterocycles. The minimum Gasteiger partial charge on any atom is -0.508 e. The average molecular weight is 607 g/mol. The zero-order valence-electron chi connectivity index (χ0n) is 24.3. The van der Waals surface area contributed by atoms with Crippen molar-refractivity contribution in [3.63, 3.8) is 0 Å². The van der Waals surface area contributed by atoms with Crippen LogP contribution >= 0.6 is 0 Å². The van der Waals surface area contributed by atoms with E-state index >= 15 is 0 Å². The smallest absolute Gasteiger partial charge is 0.453 e. The molecule has 41 heavy (non-hydrogen) atoms. The van der Waals surface area contributed by atoms with Crippen LogP contribution in [-0.2, 0) is 22.6 Å². The highest BCUT2D eigenvalue weighted by molar-refractivity contribution is 7.84. The van der Waals surface area contributed by atoms with Gasteiger partial charge in [0.1, 0.15) is 5.75 Å². The molecule has 0 radical (unpaired) electrons. The number of phenols is 1. The van der Waals surface area contributed by atoms with E-state index in [9.17, 15) is 36.4 Å². The van der Waals surface area contributed by atoms with Crippen LogP contribution in [0.3, 0.4) is 0 Å². The molecule has 0 spiro atoms. The van der Waals surface area contributed by atoms with E-state index in [2.05, 4.69) is 13.0 Å². The highest BCUT2D eigenvalue weighted by Crippen LogP contribution is 2.64. The van der Waals surface area contributed by atoms with Crippen LogP contribution in [-0.4, -0.2) is 44.1 Å². The fourth-order valence-corrected chi connectivity index (χ4v) is 9.64. The van der Waals surface area contributed by atoms with Crippen molar-refractivity contribution >= 4 is 10.8 Å². The second-order valence-corrected chi connectivity index (χ2v) is 14.9. The SMILES string of the molecule is C[C@]12CCC3(CCCCCCCCCS(=O)CCCC(F)(F)C(F)(F)F)c4ccc(O)cc4CCC3C1CC[C@@H]2O. The Bertz CT molecular complexity index is 1050. The van der Waals surface area contributed by atoms with Crippen molar-refractivity contribution in [3.8, 4) is 5.75 Å². The predicted octanol–water partition coefficient (Wildman–Crippen LogP) is 8.61.